The van der Waals surface area contributed by atoms with Crippen LogP contribution in [-0.2, 0) is 4.74 Å². The predicted molar refractivity (Wildman–Crippen MR) is 124 cm³/mol. The van der Waals surface area contributed by atoms with Gasteiger partial charge in [-0.2, -0.15) is 0 Å². The number of piperazine rings is 1. The van der Waals surface area contributed by atoms with Gasteiger partial charge in [-0.25, -0.2) is 14.8 Å². The fourth-order valence-electron chi connectivity index (χ4n) is 4.04. The van der Waals surface area contributed by atoms with Crippen molar-refractivity contribution in [3.05, 3.63) is 48.8 Å². The predicted octanol–water partition coefficient (Wildman–Crippen LogP) is 3.65. The van der Waals surface area contributed by atoms with Crippen molar-refractivity contribution in [2.75, 3.05) is 54.9 Å². The molecule has 31 heavy (non-hydrogen) atoms. The number of fused-ring (bicyclic) bond motifs is 1. The summed E-state index contributed by atoms with van der Waals surface area (Å²) in [6.45, 7) is 7.40. The molecule has 2 aromatic carbocycles. The van der Waals surface area contributed by atoms with Crippen molar-refractivity contribution in [2.24, 2.45) is 0 Å². The summed E-state index contributed by atoms with van der Waals surface area (Å²) in [5.74, 6) is 1.39. The molecule has 1 saturated heterocycles. The average Bonchev–Trinajstić information content (AvgIpc) is 2.81. The van der Waals surface area contributed by atoms with Gasteiger partial charge in [-0.15, -0.1) is 0 Å². The van der Waals surface area contributed by atoms with Crippen LogP contribution >= 0.6 is 0 Å². The summed E-state index contributed by atoms with van der Waals surface area (Å²) in [6, 6.07) is 14.5. The van der Waals surface area contributed by atoms with Crippen molar-refractivity contribution in [3.8, 4) is 0 Å². The lowest BCUT2D eigenvalue weighted by atomic mass is 10.1. The normalized spacial score (nSPS) is 14.0. The number of carbonyl (C=O) groups is 1. The lowest BCUT2D eigenvalue weighted by Crippen LogP contribution is -2.49. The van der Waals surface area contributed by atoms with Gasteiger partial charge in [0.1, 0.15) is 12.0 Å². The molecule has 8 heteroatoms. The van der Waals surface area contributed by atoms with Crippen molar-refractivity contribution in [1.82, 2.24) is 14.9 Å². The van der Waals surface area contributed by atoms with Crippen LogP contribution in [0.2, 0.25) is 0 Å². The number of hydrogen-bond donors (Lipinski definition) is 1. The number of nitrogen functional groups attached to an aromatic ring is 1. The number of ether oxygens (including phenoxy) is 1. The van der Waals surface area contributed by atoms with Crippen LogP contribution in [0.1, 0.15) is 13.8 Å². The van der Waals surface area contributed by atoms with E-state index in [1.165, 1.54) is 5.39 Å². The highest BCUT2D eigenvalue weighted by Gasteiger charge is 2.26. The van der Waals surface area contributed by atoms with E-state index < -0.39 is 0 Å². The van der Waals surface area contributed by atoms with Gasteiger partial charge in [0, 0.05) is 38.1 Å². The van der Waals surface area contributed by atoms with Gasteiger partial charge in [0.15, 0.2) is 11.6 Å². The lowest BCUT2D eigenvalue weighted by molar-refractivity contribution is 0.105. The zero-order valence-electron chi connectivity index (χ0n) is 18.0. The van der Waals surface area contributed by atoms with Gasteiger partial charge in [0.05, 0.1) is 12.3 Å². The molecule has 0 spiro atoms. The summed E-state index contributed by atoms with van der Waals surface area (Å²) in [6.07, 6.45) is 1.29. The molecule has 1 aromatic heterocycles. The summed E-state index contributed by atoms with van der Waals surface area (Å²) in [5.41, 5.74) is 8.20. The van der Waals surface area contributed by atoms with Crippen LogP contribution in [0.15, 0.2) is 48.8 Å². The lowest BCUT2D eigenvalue weighted by Gasteiger charge is -2.35. The van der Waals surface area contributed by atoms with Gasteiger partial charge in [-0.05, 0) is 25.3 Å². The van der Waals surface area contributed by atoms with Crippen LogP contribution in [0.5, 0.6) is 0 Å². The van der Waals surface area contributed by atoms with Crippen molar-refractivity contribution in [3.63, 3.8) is 0 Å². The van der Waals surface area contributed by atoms with E-state index in [9.17, 15) is 4.79 Å². The number of rotatable bonds is 5. The Morgan fingerprint density at radius 3 is 2.55 bits per heavy atom. The Labute approximate surface area is 182 Å². The summed E-state index contributed by atoms with van der Waals surface area (Å²) in [7, 11) is 0. The Balaban J connectivity index is 1.62. The molecule has 1 aliphatic heterocycles. The Morgan fingerprint density at radius 1 is 1.06 bits per heavy atom. The van der Waals surface area contributed by atoms with Crippen LogP contribution in [0, 0.1) is 0 Å². The Hall–Kier alpha value is -3.55. The van der Waals surface area contributed by atoms with E-state index in [2.05, 4.69) is 51.0 Å². The number of amides is 1. The quantitative estimate of drug-likeness (QED) is 0.674. The van der Waals surface area contributed by atoms with Crippen LogP contribution in [0.4, 0.5) is 27.8 Å². The van der Waals surface area contributed by atoms with Gasteiger partial charge in [0.25, 0.3) is 0 Å². The number of nitrogens with zero attached hydrogens (tertiary/aromatic N) is 5. The topological polar surface area (TPSA) is 87.8 Å². The molecular weight excluding hydrogens is 392 g/mol. The van der Waals surface area contributed by atoms with E-state index in [1.807, 2.05) is 25.1 Å². The molecule has 2 N–H and O–H groups in total. The minimum atomic E-state index is -0.272. The number of benzene rings is 2. The molecule has 162 valence electrons. The molecule has 1 aliphatic rings. The third kappa shape index (κ3) is 4.05. The second-order valence-corrected chi connectivity index (χ2v) is 7.35. The van der Waals surface area contributed by atoms with Crippen LogP contribution < -0.4 is 15.5 Å². The zero-order valence-corrected chi connectivity index (χ0v) is 18.0. The van der Waals surface area contributed by atoms with E-state index in [0.29, 0.717) is 56.7 Å². The van der Waals surface area contributed by atoms with Gasteiger partial charge in [-0.3, -0.25) is 0 Å². The number of aromatic nitrogens is 2. The minimum absolute atomic E-state index is 0.272. The first-order chi connectivity index (χ1) is 15.1. The van der Waals surface area contributed by atoms with Crippen molar-refractivity contribution >= 4 is 39.9 Å². The molecule has 1 amide bonds. The van der Waals surface area contributed by atoms with Crippen molar-refractivity contribution in [2.45, 2.75) is 13.8 Å². The number of anilines is 4. The molecule has 0 aliphatic carbocycles. The van der Waals surface area contributed by atoms with Gasteiger partial charge < -0.3 is 25.2 Å². The fourth-order valence-corrected chi connectivity index (χ4v) is 4.04. The van der Waals surface area contributed by atoms with E-state index in [0.717, 1.165) is 11.1 Å². The fraction of sp³-hybridized carbons (Fsp3) is 0.348. The third-order valence-corrected chi connectivity index (χ3v) is 5.58. The molecule has 0 radical (unpaired) electrons. The second-order valence-electron chi connectivity index (χ2n) is 7.35. The second kappa shape index (κ2) is 9.07. The molecule has 8 nitrogen and oxygen atoms in total. The van der Waals surface area contributed by atoms with Crippen molar-refractivity contribution in [1.29, 1.82) is 0 Å². The average molecular weight is 421 g/mol. The molecule has 1 fully saturated rings. The zero-order chi connectivity index (χ0) is 21.8. The number of hydrogen-bond acceptors (Lipinski definition) is 7. The van der Waals surface area contributed by atoms with E-state index in [1.54, 1.807) is 11.2 Å². The first-order valence-corrected chi connectivity index (χ1v) is 10.7. The van der Waals surface area contributed by atoms with E-state index >= 15 is 0 Å². The Morgan fingerprint density at radius 2 is 1.81 bits per heavy atom. The smallest absolute Gasteiger partial charge is 0.409 e. The highest BCUT2D eigenvalue weighted by molar-refractivity contribution is 5.97. The van der Waals surface area contributed by atoms with Gasteiger partial charge in [-0.1, -0.05) is 36.4 Å². The SMILES string of the molecule is CCOC(=O)N1CCN(c2ncnc(N(CC)c3cccc4ccccc34)c2N)CC1. The van der Waals surface area contributed by atoms with Gasteiger partial charge >= 0.3 is 6.09 Å². The number of carbonyl (C=O) groups excluding carboxylic acids is 1. The van der Waals surface area contributed by atoms with Crippen LogP contribution in [0.3, 0.4) is 0 Å². The third-order valence-electron chi connectivity index (χ3n) is 5.58. The van der Waals surface area contributed by atoms with Gasteiger partial charge in [0.2, 0.25) is 0 Å². The van der Waals surface area contributed by atoms with E-state index in [-0.39, 0.29) is 6.09 Å². The highest BCUT2D eigenvalue weighted by atomic mass is 16.6. The molecule has 0 atom stereocenters. The first kappa shape index (κ1) is 20.7. The van der Waals surface area contributed by atoms with Crippen molar-refractivity contribution < 1.29 is 9.53 Å². The maximum Gasteiger partial charge on any atom is 0.409 e. The molecule has 0 bridgehead atoms. The minimum Gasteiger partial charge on any atom is -0.450 e. The standard InChI is InChI=1S/C23H28N6O2/c1-3-29(19-11-7-9-17-8-5-6-10-18(17)19)22-20(24)21(25-16-26-22)27-12-14-28(15-13-27)23(30)31-4-2/h5-11,16H,3-4,12-15,24H2,1-2H3. The van der Waals surface area contributed by atoms with Crippen LogP contribution in [0.25, 0.3) is 10.8 Å². The summed E-state index contributed by atoms with van der Waals surface area (Å²) >= 11 is 0. The summed E-state index contributed by atoms with van der Waals surface area (Å²) in [5, 5.41) is 2.32. The Kier molecular flexibility index (Phi) is 6.06. The highest BCUT2D eigenvalue weighted by Crippen LogP contribution is 2.36. The molecule has 2 heterocycles. The first-order valence-electron chi connectivity index (χ1n) is 10.7. The molecular formula is C23H28N6O2. The largest absolute Gasteiger partial charge is 0.450 e. The monoisotopic (exact) mass is 420 g/mol. The van der Waals surface area contributed by atoms with E-state index in [4.69, 9.17) is 10.5 Å². The summed E-state index contributed by atoms with van der Waals surface area (Å²) in [4.78, 5) is 26.9. The maximum absolute atomic E-state index is 12.0. The maximum atomic E-state index is 12.0. The molecule has 0 saturated carbocycles. The van der Waals surface area contributed by atoms with Crippen LogP contribution in [-0.4, -0.2) is 60.3 Å². The molecule has 0 unspecified atom stereocenters. The number of nitrogens with two attached hydrogens (primary N) is 1. The Bertz CT molecular complexity index is 1060. The molecule has 4 rings (SSSR count). The molecule has 3 aromatic rings. The summed E-state index contributed by atoms with van der Waals surface area (Å²) < 4.78 is 5.11.